The molecule has 0 radical (unpaired) electrons. The van der Waals surface area contributed by atoms with Crippen molar-refractivity contribution in [1.29, 1.82) is 0 Å². The Bertz CT molecular complexity index is 347. The zero-order valence-electron chi connectivity index (χ0n) is 12.4. The van der Waals surface area contributed by atoms with Crippen molar-refractivity contribution >= 4 is 21.6 Å². The van der Waals surface area contributed by atoms with Gasteiger partial charge in [0.15, 0.2) is 9.84 Å². The third kappa shape index (κ3) is 5.25. The zero-order valence-corrected chi connectivity index (χ0v) is 14.0. The molecule has 1 fully saturated rings. The van der Waals surface area contributed by atoms with E-state index < -0.39 is 9.84 Å². The molecule has 0 aliphatic carbocycles. The molecule has 114 valence electrons. The van der Waals surface area contributed by atoms with Crippen LogP contribution in [-0.2, 0) is 9.84 Å². The van der Waals surface area contributed by atoms with Gasteiger partial charge >= 0.3 is 0 Å². The highest BCUT2D eigenvalue weighted by molar-refractivity contribution is 8.01. The fourth-order valence-electron chi connectivity index (χ4n) is 2.33. The van der Waals surface area contributed by atoms with Gasteiger partial charge in [-0.25, -0.2) is 8.42 Å². The molecule has 0 spiro atoms. The summed E-state index contributed by atoms with van der Waals surface area (Å²) in [4.78, 5) is 2.17. The standard InChI is InChI=1S/C13H28N2O2S2/c1-4-6-7-14-10-12(3)15-8-9-18-11-13(15)19(16,17)5-2/h12-14H,4-11H2,1-3H3. The quantitative estimate of drug-likeness (QED) is 0.690. The molecule has 0 amide bonds. The highest BCUT2D eigenvalue weighted by atomic mass is 32.2. The van der Waals surface area contributed by atoms with Crippen LogP contribution in [-0.4, -0.2) is 61.6 Å². The van der Waals surface area contributed by atoms with Gasteiger partial charge in [0.25, 0.3) is 0 Å². The summed E-state index contributed by atoms with van der Waals surface area (Å²) < 4.78 is 24.3. The van der Waals surface area contributed by atoms with Gasteiger partial charge in [-0.1, -0.05) is 20.3 Å². The lowest BCUT2D eigenvalue weighted by molar-refractivity contribution is 0.200. The van der Waals surface area contributed by atoms with E-state index in [0.29, 0.717) is 0 Å². The molecular weight excluding hydrogens is 280 g/mol. The fourth-order valence-corrected chi connectivity index (χ4v) is 5.46. The largest absolute Gasteiger partial charge is 0.315 e. The normalized spacial score (nSPS) is 23.4. The molecule has 1 aliphatic rings. The summed E-state index contributed by atoms with van der Waals surface area (Å²) in [6.45, 7) is 8.83. The smallest absolute Gasteiger partial charge is 0.166 e. The third-order valence-corrected chi connectivity index (χ3v) is 6.96. The van der Waals surface area contributed by atoms with E-state index in [4.69, 9.17) is 0 Å². The lowest BCUT2D eigenvalue weighted by atomic mass is 10.2. The first-order valence-corrected chi connectivity index (χ1v) is 10.2. The average Bonchev–Trinajstić information content (AvgIpc) is 2.43. The molecule has 1 rings (SSSR count). The highest BCUT2D eigenvalue weighted by Gasteiger charge is 2.35. The first-order chi connectivity index (χ1) is 9.03. The second-order valence-electron chi connectivity index (χ2n) is 5.13. The molecule has 2 atom stereocenters. The Balaban J connectivity index is 2.56. The first kappa shape index (κ1) is 17.3. The van der Waals surface area contributed by atoms with Crippen LogP contribution in [0, 0.1) is 0 Å². The van der Waals surface area contributed by atoms with Crippen molar-refractivity contribution < 1.29 is 8.42 Å². The van der Waals surface area contributed by atoms with Gasteiger partial charge in [-0.05, 0) is 19.9 Å². The number of rotatable bonds is 8. The van der Waals surface area contributed by atoms with Crippen molar-refractivity contribution in [3.05, 3.63) is 0 Å². The molecule has 1 aliphatic heterocycles. The first-order valence-electron chi connectivity index (χ1n) is 7.28. The number of sulfone groups is 1. The molecule has 0 aromatic heterocycles. The lowest BCUT2D eigenvalue weighted by Crippen LogP contribution is -2.54. The molecule has 1 saturated heterocycles. The molecule has 0 aromatic carbocycles. The number of hydrogen-bond acceptors (Lipinski definition) is 5. The van der Waals surface area contributed by atoms with Crippen LogP contribution in [0.2, 0.25) is 0 Å². The Morgan fingerprint density at radius 2 is 2.16 bits per heavy atom. The van der Waals surface area contributed by atoms with Crippen molar-refractivity contribution in [1.82, 2.24) is 10.2 Å². The summed E-state index contributed by atoms with van der Waals surface area (Å²) in [6, 6.07) is 0.282. The topological polar surface area (TPSA) is 49.4 Å². The number of thioether (sulfide) groups is 1. The minimum Gasteiger partial charge on any atom is -0.315 e. The summed E-state index contributed by atoms with van der Waals surface area (Å²) in [6.07, 6.45) is 2.37. The minimum atomic E-state index is -2.97. The molecule has 0 bridgehead atoms. The van der Waals surface area contributed by atoms with Crippen LogP contribution < -0.4 is 5.32 Å². The molecule has 0 saturated carbocycles. The molecule has 6 heteroatoms. The third-order valence-electron chi connectivity index (χ3n) is 3.65. The van der Waals surface area contributed by atoms with Crippen molar-refractivity contribution in [2.75, 3.05) is 36.9 Å². The maximum absolute atomic E-state index is 12.2. The summed E-state index contributed by atoms with van der Waals surface area (Å²) >= 11 is 1.76. The van der Waals surface area contributed by atoms with Crippen LogP contribution in [0.4, 0.5) is 0 Å². The molecule has 1 N–H and O–H groups in total. The summed E-state index contributed by atoms with van der Waals surface area (Å²) in [5.74, 6) is 2.00. The fraction of sp³-hybridized carbons (Fsp3) is 1.00. The Morgan fingerprint density at radius 1 is 1.42 bits per heavy atom. The second kappa shape index (κ2) is 8.49. The van der Waals surface area contributed by atoms with Crippen molar-refractivity contribution in [2.45, 2.75) is 45.0 Å². The number of unbranched alkanes of at least 4 members (excludes halogenated alkanes) is 1. The molecule has 1 heterocycles. The molecule has 2 unspecified atom stereocenters. The van der Waals surface area contributed by atoms with E-state index >= 15 is 0 Å². The van der Waals surface area contributed by atoms with Crippen molar-refractivity contribution in [3.63, 3.8) is 0 Å². The zero-order chi connectivity index (χ0) is 14.3. The van der Waals surface area contributed by atoms with Gasteiger partial charge in [0.2, 0.25) is 0 Å². The molecule has 4 nitrogen and oxygen atoms in total. The van der Waals surface area contributed by atoms with E-state index in [1.807, 2.05) is 0 Å². The Hall–Kier alpha value is 0.220. The predicted octanol–water partition coefficient (Wildman–Crippen LogP) is 1.57. The van der Waals surface area contributed by atoms with Gasteiger partial charge in [-0.2, -0.15) is 11.8 Å². The Kier molecular flexibility index (Phi) is 7.72. The predicted molar refractivity (Wildman–Crippen MR) is 84.5 cm³/mol. The van der Waals surface area contributed by atoms with Crippen LogP contribution in [0.15, 0.2) is 0 Å². The van der Waals surface area contributed by atoms with Gasteiger partial charge in [-0.15, -0.1) is 0 Å². The van der Waals surface area contributed by atoms with Crippen LogP contribution >= 0.6 is 11.8 Å². The monoisotopic (exact) mass is 308 g/mol. The number of nitrogens with zero attached hydrogens (tertiary/aromatic N) is 1. The second-order valence-corrected chi connectivity index (χ2v) is 8.72. The minimum absolute atomic E-state index is 0.241. The summed E-state index contributed by atoms with van der Waals surface area (Å²) in [7, 11) is -2.97. The molecule has 0 aromatic rings. The van der Waals surface area contributed by atoms with Gasteiger partial charge in [-0.3, -0.25) is 4.90 Å². The van der Waals surface area contributed by atoms with E-state index in [0.717, 1.165) is 31.1 Å². The van der Waals surface area contributed by atoms with Gasteiger partial charge < -0.3 is 5.32 Å². The van der Waals surface area contributed by atoms with Crippen LogP contribution in [0.5, 0.6) is 0 Å². The molecular formula is C13H28N2O2S2. The van der Waals surface area contributed by atoms with Crippen molar-refractivity contribution in [2.24, 2.45) is 0 Å². The highest BCUT2D eigenvalue weighted by Crippen LogP contribution is 2.23. The van der Waals surface area contributed by atoms with Gasteiger partial charge in [0.1, 0.15) is 5.37 Å². The number of hydrogen-bond donors (Lipinski definition) is 1. The number of nitrogens with one attached hydrogen (secondary N) is 1. The Labute approximate surface area is 122 Å². The van der Waals surface area contributed by atoms with E-state index in [1.165, 1.54) is 12.8 Å². The average molecular weight is 309 g/mol. The van der Waals surface area contributed by atoms with Crippen LogP contribution in [0.25, 0.3) is 0 Å². The van der Waals surface area contributed by atoms with E-state index in [9.17, 15) is 8.42 Å². The van der Waals surface area contributed by atoms with E-state index in [2.05, 4.69) is 24.1 Å². The van der Waals surface area contributed by atoms with E-state index in [1.54, 1.807) is 18.7 Å². The lowest BCUT2D eigenvalue weighted by Gasteiger charge is -2.39. The van der Waals surface area contributed by atoms with Crippen LogP contribution in [0.3, 0.4) is 0 Å². The van der Waals surface area contributed by atoms with Gasteiger partial charge in [0, 0.05) is 36.4 Å². The summed E-state index contributed by atoms with van der Waals surface area (Å²) in [5, 5.41) is 3.14. The van der Waals surface area contributed by atoms with Crippen molar-refractivity contribution in [3.8, 4) is 0 Å². The molecule has 19 heavy (non-hydrogen) atoms. The summed E-state index contributed by atoms with van der Waals surface area (Å²) in [5.41, 5.74) is 0. The van der Waals surface area contributed by atoms with Crippen LogP contribution in [0.1, 0.15) is 33.6 Å². The maximum Gasteiger partial charge on any atom is 0.166 e. The van der Waals surface area contributed by atoms with E-state index in [-0.39, 0.29) is 17.2 Å². The SMILES string of the molecule is CCCCNCC(C)N1CCSCC1S(=O)(=O)CC. The van der Waals surface area contributed by atoms with Gasteiger partial charge in [0.05, 0.1) is 0 Å². The Morgan fingerprint density at radius 3 is 2.79 bits per heavy atom. The maximum atomic E-state index is 12.2.